The van der Waals surface area contributed by atoms with Gasteiger partial charge in [-0.3, -0.25) is 4.79 Å². The molecule has 144 valence electrons. The van der Waals surface area contributed by atoms with Crippen molar-refractivity contribution in [2.24, 2.45) is 0 Å². The molecule has 0 spiro atoms. The van der Waals surface area contributed by atoms with E-state index < -0.39 is 11.6 Å². The van der Waals surface area contributed by atoms with Crippen molar-refractivity contribution in [1.82, 2.24) is 0 Å². The predicted octanol–water partition coefficient (Wildman–Crippen LogP) is 3.56. The quantitative estimate of drug-likeness (QED) is 0.506. The van der Waals surface area contributed by atoms with Crippen molar-refractivity contribution in [3.63, 3.8) is 0 Å². The number of fused-ring (bicyclic) bond motifs is 2. The molecule has 0 amide bonds. The monoisotopic (exact) mass is 382 g/mol. The Hall–Kier alpha value is -3.48. The summed E-state index contributed by atoms with van der Waals surface area (Å²) in [5, 5.41) is 0.484. The van der Waals surface area contributed by atoms with Gasteiger partial charge in [-0.25, -0.2) is 4.79 Å². The lowest BCUT2D eigenvalue weighted by atomic mass is 10.0. The van der Waals surface area contributed by atoms with Gasteiger partial charge in [-0.2, -0.15) is 0 Å². The summed E-state index contributed by atoms with van der Waals surface area (Å²) < 4.78 is 27.4. The van der Waals surface area contributed by atoms with Gasteiger partial charge in [0.1, 0.15) is 16.9 Å². The highest BCUT2D eigenvalue weighted by molar-refractivity contribution is 5.93. The zero-order valence-corrected chi connectivity index (χ0v) is 15.4. The first-order valence-corrected chi connectivity index (χ1v) is 8.80. The molecule has 4 rings (SSSR count). The Bertz CT molecular complexity index is 1110. The predicted molar refractivity (Wildman–Crippen MR) is 101 cm³/mol. The van der Waals surface area contributed by atoms with Crippen molar-refractivity contribution in [2.75, 3.05) is 20.3 Å². The van der Waals surface area contributed by atoms with Crippen LogP contribution in [0.3, 0.4) is 0 Å². The number of hydrogen-bond acceptors (Lipinski definition) is 7. The van der Waals surface area contributed by atoms with E-state index in [9.17, 15) is 9.59 Å². The number of benzene rings is 2. The Labute approximate surface area is 160 Å². The van der Waals surface area contributed by atoms with Crippen LogP contribution in [-0.4, -0.2) is 26.3 Å². The van der Waals surface area contributed by atoms with Crippen LogP contribution in [0, 0.1) is 0 Å². The maximum Gasteiger partial charge on any atom is 0.348 e. The average molecular weight is 382 g/mol. The first-order valence-electron chi connectivity index (χ1n) is 8.80. The minimum absolute atomic E-state index is 0.135. The second kappa shape index (κ2) is 7.26. The molecule has 0 radical (unpaired) electrons. The minimum atomic E-state index is -0.633. The fourth-order valence-corrected chi connectivity index (χ4v) is 3.10. The molecule has 2 heterocycles. The van der Waals surface area contributed by atoms with Crippen molar-refractivity contribution < 1.29 is 28.2 Å². The summed E-state index contributed by atoms with van der Waals surface area (Å²) in [6.07, 6.45) is 0.767. The average Bonchev–Trinajstić information content (AvgIpc) is 2.92. The Morgan fingerprint density at radius 1 is 1.04 bits per heavy atom. The third-order valence-corrected chi connectivity index (χ3v) is 4.35. The topological polar surface area (TPSA) is 84.2 Å². The molecule has 0 saturated heterocycles. The fraction of sp³-hybridized carbons (Fsp3) is 0.238. The van der Waals surface area contributed by atoms with E-state index >= 15 is 0 Å². The Balaban J connectivity index is 1.95. The second-order valence-corrected chi connectivity index (χ2v) is 6.26. The van der Waals surface area contributed by atoms with Crippen LogP contribution in [0.4, 0.5) is 0 Å². The highest BCUT2D eigenvalue weighted by Crippen LogP contribution is 2.39. The maximum absolute atomic E-state index is 12.8. The number of hydrogen-bond donors (Lipinski definition) is 0. The molecule has 28 heavy (non-hydrogen) atoms. The summed E-state index contributed by atoms with van der Waals surface area (Å²) in [5.41, 5.74) is 0.278. The van der Waals surface area contributed by atoms with Gasteiger partial charge in [0.2, 0.25) is 0 Å². The van der Waals surface area contributed by atoms with E-state index in [4.69, 9.17) is 23.4 Å². The van der Waals surface area contributed by atoms with Crippen LogP contribution in [0.25, 0.3) is 22.1 Å². The molecule has 7 heteroatoms. The molecule has 1 aliphatic heterocycles. The molecule has 0 atom stereocenters. The second-order valence-electron chi connectivity index (χ2n) is 6.26. The van der Waals surface area contributed by atoms with Crippen molar-refractivity contribution in [1.29, 1.82) is 0 Å². The first-order chi connectivity index (χ1) is 13.6. The SMILES string of the molecule is COc1ccc2c(OC(C)=O)c(-c3ccc4c(c3)OCCCO4)c(=O)oc2c1. The third-order valence-electron chi connectivity index (χ3n) is 4.35. The van der Waals surface area contributed by atoms with Crippen LogP contribution in [0.1, 0.15) is 13.3 Å². The van der Waals surface area contributed by atoms with Crippen LogP contribution < -0.4 is 24.6 Å². The maximum atomic E-state index is 12.8. The standard InChI is InChI=1S/C21H18O7/c1-12(22)27-20-15-6-5-14(24-2)11-17(15)28-21(23)19(20)13-4-7-16-18(10-13)26-9-3-8-25-16/h4-7,10-11H,3,8-9H2,1-2H3. The summed E-state index contributed by atoms with van der Waals surface area (Å²) in [7, 11) is 1.51. The number of ether oxygens (including phenoxy) is 4. The summed E-state index contributed by atoms with van der Waals surface area (Å²) in [4.78, 5) is 24.5. The molecule has 7 nitrogen and oxygen atoms in total. The van der Waals surface area contributed by atoms with E-state index in [1.165, 1.54) is 14.0 Å². The summed E-state index contributed by atoms with van der Waals surface area (Å²) in [5.74, 6) is 1.24. The van der Waals surface area contributed by atoms with E-state index in [0.717, 1.165) is 6.42 Å². The van der Waals surface area contributed by atoms with Crippen LogP contribution in [0.15, 0.2) is 45.6 Å². The van der Waals surface area contributed by atoms with Gasteiger partial charge in [0.15, 0.2) is 17.2 Å². The lowest BCUT2D eigenvalue weighted by Crippen LogP contribution is -2.11. The fourth-order valence-electron chi connectivity index (χ4n) is 3.10. The Morgan fingerprint density at radius 2 is 1.82 bits per heavy atom. The van der Waals surface area contributed by atoms with Crippen LogP contribution in [0.5, 0.6) is 23.0 Å². The molecule has 1 aromatic heterocycles. The van der Waals surface area contributed by atoms with Crippen molar-refractivity contribution >= 4 is 16.9 Å². The molecule has 0 N–H and O–H groups in total. The van der Waals surface area contributed by atoms with Crippen LogP contribution in [0.2, 0.25) is 0 Å². The molecule has 0 fully saturated rings. The van der Waals surface area contributed by atoms with Gasteiger partial charge in [0.25, 0.3) is 0 Å². The smallest absolute Gasteiger partial charge is 0.348 e. The molecular formula is C21H18O7. The number of carbonyl (C=O) groups excluding carboxylic acids is 1. The number of rotatable bonds is 3. The molecule has 2 aromatic carbocycles. The van der Waals surface area contributed by atoms with Crippen LogP contribution >= 0.6 is 0 Å². The lowest BCUT2D eigenvalue weighted by Gasteiger charge is -2.13. The third kappa shape index (κ3) is 3.26. The van der Waals surface area contributed by atoms with Gasteiger partial charge in [-0.1, -0.05) is 6.07 Å². The van der Waals surface area contributed by atoms with Gasteiger partial charge in [-0.05, 0) is 29.8 Å². The van der Waals surface area contributed by atoms with Gasteiger partial charge < -0.3 is 23.4 Å². The molecular weight excluding hydrogens is 364 g/mol. The van der Waals surface area contributed by atoms with E-state index in [2.05, 4.69) is 0 Å². The lowest BCUT2D eigenvalue weighted by molar-refractivity contribution is -0.131. The summed E-state index contributed by atoms with van der Waals surface area (Å²) >= 11 is 0. The Kier molecular flexibility index (Phi) is 4.65. The van der Waals surface area contributed by atoms with E-state index in [1.54, 1.807) is 36.4 Å². The van der Waals surface area contributed by atoms with Gasteiger partial charge in [0.05, 0.1) is 25.7 Å². The van der Waals surface area contributed by atoms with E-state index in [0.29, 0.717) is 41.4 Å². The van der Waals surface area contributed by atoms with E-state index in [-0.39, 0.29) is 16.9 Å². The number of methoxy groups -OCH3 is 1. The molecule has 3 aromatic rings. The molecule has 1 aliphatic rings. The zero-order valence-electron chi connectivity index (χ0n) is 15.4. The summed E-state index contributed by atoms with van der Waals surface area (Å²) in [6, 6.07) is 10.1. The van der Waals surface area contributed by atoms with Crippen molar-refractivity contribution in [3.05, 3.63) is 46.8 Å². The van der Waals surface area contributed by atoms with Gasteiger partial charge in [0, 0.05) is 19.4 Å². The minimum Gasteiger partial charge on any atom is -0.497 e. The molecule has 0 saturated carbocycles. The van der Waals surface area contributed by atoms with Gasteiger partial charge >= 0.3 is 11.6 Å². The van der Waals surface area contributed by atoms with Crippen molar-refractivity contribution in [3.8, 4) is 34.1 Å². The highest BCUT2D eigenvalue weighted by Gasteiger charge is 2.22. The first kappa shape index (κ1) is 17.9. The molecule has 0 bridgehead atoms. The zero-order chi connectivity index (χ0) is 19.7. The molecule has 0 unspecified atom stereocenters. The largest absolute Gasteiger partial charge is 0.497 e. The van der Waals surface area contributed by atoms with Crippen molar-refractivity contribution in [2.45, 2.75) is 13.3 Å². The number of carbonyl (C=O) groups is 1. The van der Waals surface area contributed by atoms with Crippen LogP contribution in [-0.2, 0) is 4.79 Å². The number of esters is 1. The normalized spacial score (nSPS) is 13.1. The molecule has 0 aliphatic carbocycles. The summed E-state index contributed by atoms with van der Waals surface area (Å²) in [6.45, 7) is 2.35. The van der Waals surface area contributed by atoms with E-state index in [1.807, 2.05) is 0 Å². The Morgan fingerprint density at radius 3 is 2.57 bits per heavy atom. The highest BCUT2D eigenvalue weighted by atomic mass is 16.5. The van der Waals surface area contributed by atoms with Gasteiger partial charge in [-0.15, -0.1) is 0 Å².